The summed E-state index contributed by atoms with van der Waals surface area (Å²) < 4.78 is 1.95. The third kappa shape index (κ3) is 3.87. The van der Waals surface area contributed by atoms with E-state index in [-0.39, 0.29) is 24.9 Å². The lowest BCUT2D eigenvalue weighted by molar-refractivity contribution is -0.144. The van der Waals surface area contributed by atoms with Crippen molar-refractivity contribution in [2.75, 3.05) is 6.54 Å². The molecule has 1 N–H and O–H groups in total. The quantitative estimate of drug-likeness (QED) is 0.833. The fourth-order valence-electron chi connectivity index (χ4n) is 2.72. The largest absolute Gasteiger partial charge is 0.480 e. The molecule has 1 aromatic heterocycles. The molecule has 0 aliphatic heterocycles. The fourth-order valence-corrected chi connectivity index (χ4v) is 2.72. The smallest absolute Gasteiger partial charge is 0.323 e. The van der Waals surface area contributed by atoms with Crippen LogP contribution in [0.1, 0.15) is 43.6 Å². The van der Waals surface area contributed by atoms with Gasteiger partial charge in [-0.1, -0.05) is 13.8 Å². The first-order valence-electron chi connectivity index (χ1n) is 7.83. The lowest BCUT2D eigenvalue weighted by Crippen LogP contribution is -2.38. The monoisotopic (exact) mass is 307 g/mol. The molecule has 0 unspecified atom stereocenters. The molecule has 1 heterocycles. The fraction of sp³-hybridized carbons (Fsp3) is 0.688. The van der Waals surface area contributed by atoms with E-state index in [4.69, 9.17) is 5.11 Å². The maximum Gasteiger partial charge on any atom is 0.323 e. The van der Waals surface area contributed by atoms with Gasteiger partial charge in [-0.25, -0.2) is 0 Å². The van der Waals surface area contributed by atoms with Crippen molar-refractivity contribution in [3.63, 3.8) is 0 Å². The van der Waals surface area contributed by atoms with E-state index >= 15 is 0 Å². The lowest BCUT2D eigenvalue weighted by Gasteiger charge is -2.20. The summed E-state index contributed by atoms with van der Waals surface area (Å²) in [6.45, 7) is 8.75. The van der Waals surface area contributed by atoms with Crippen LogP contribution in [0, 0.1) is 19.8 Å². The summed E-state index contributed by atoms with van der Waals surface area (Å²) in [6, 6.07) is 0.106. The van der Waals surface area contributed by atoms with Crippen LogP contribution < -0.4 is 0 Å². The number of rotatable bonds is 7. The molecule has 0 bridgehead atoms. The molecule has 1 aromatic rings. The predicted octanol–water partition coefficient (Wildman–Crippen LogP) is 1.77. The van der Waals surface area contributed by atoms with Gasteiger partial charge in [-0.15, -0.1) is 0 Å². The molecule has 1 amide bonds. The van der Waals surface area contributed by atoms with E-state index in [0.717, 1.165) is 36.3 Å². The number of amides is 1. The summed E-state index contributed by atoms with van der Waals surface area (Å²) in [7, 11) is 0. The number of aromatic nitrogens is 2. The van der Waals surface area contributed by atoms with Crippen molar-refractivity contribution < 1.29 is 14.7 Å². The minimum Gasteiger partial charge on any atom is -0.480 e. The Bertz CT molecular complexity index is 573. The van der Waals surface area contributed by atoms with Crippen molar-refractivity contribution >= 4 is 11.9 Å². The van der Waals surface area contributed by atoms with Gasteiger partial charge in [-0.05, 0) is 32.6 Å². The van der Waals surface area contributed by atoms with Crippen molar-refractivity contribution in [3.8, 4) is 0 Å². The predicted molar refractivity (Wildman–Crippen MR) is 82.6 cm³/mol. The van der Waals surface area contributed by atoms with E-state index in [1.54, 1.807) is 0 Å². The Labute approximate surface area is 131 Å². The Hall–Kier alpha value is -1.85. The molecule has 122 valence electrons. The summed E-state index contributed by atoms with van der Waals surface area (Å²) in [5.74, 6) is -0.582. The van der Waals surface area contributed by atoms with Gasteiger partial charge in [0.25, 0.3) is 0 Å². The highest BCUT2D eigenvalue weighted by atomic mass is 16.4. The van der Waals surface area contributed by atoms with Gasteiger partial charge in [-0.2, -0.15) is 5.10 Å². The molecule has 0 spiro atoms. The molecule has 0 radical (unpaired) electrons. The van der Waals surface area contributed by atoms with Crippen LogP contribution in [0.3, 0.4) is 0 Å². The summed E-state index contributed by atoms with van der Waals surface area (Å²) in [4.78, 5) is 24.9. The van der Waals surface area contributed by atoms with Gasteiger partial charge in [0.2, 0.25) is 5.91 Å². The second-order valence-corrected chi connectivity index (χ2v) is 6.55. The number of aryl methyl sites for hydroxylation is 1. The highest BCUT2D eigenvalue weighted by Gasteiger charge is 2.34. The third-order valence-corrected chi connectivity index (χ3v) is 4.01. The van der Waals surface area contributed by atoms with E-state index in [1.807, 2.05) is 18.5 Å². The van der Waals surface area contributed by atoms with E-state index < -0.39 is 5.97 Å². The van der Waals surface area contributed by atoms with Gasteiger partial charge in [0.05, 0.1) is 12.1 Å². The average molecular weight is 307 g/mol. The SMILES string of the molecule is Cc1nn(CC(C)C)c(C)c1CC(=O)N(CC(=O)O)C1CC1. The number of carbonyl (C=O) groups excluding carboxylic acids is 1. The van der Waals surface area contributed by atoms with Crippen LogP contribution in [0.25, 0.3) is 0 Å². The van der Waals surface area contributed by atoms with Gasteiger partial charge in [0, 0.05) is 23.8 Å². The molecule has 1 saturated carbocycles. The zero-order valence-electron chi connectivity index (χ0n) is 13.8. The second-order valence-electron chi connectivity index (χ2n) is 6.55. The highest BCUT2D eigenvalue weighted by molar-refractivity contribution is 5.84. The first kappa shape index (κ1) is 16.5. The topological polar surface area (TPSA) is 75.4 Å². The number of carboxylic acids is 1. The molecule has 0 saturated heterocycles. The molecule has 0 aromatic carbocycles. The van der Waals surface area contributed by atoms with Crippen LogP contribution in [0.15, 0.2) is 0 Å². The normalized spacial score (nSPS) is 14.4. The third-order valence-electron chi connectivity index (χ3n) is 4.01. The molecule has 2 rings (SSSR count). The summed E-state index contributed by atoms with van der Waals surface area (Å²) in [6.07, 6.45) is 2.05. The highest BCUT2D eigenvalue weighted by Crippen LogP contribution is 2.28. The van der Waals surface area contributed by atoms with E-state index in [1.165, 1.54) is 4.90 Å². The second kappa shape index (κ2) is 6.50. The molecule has 22 heavy (non-hydrogen) atoms. The van der Waals surface area contributed by atoms with Gasteiger partial charge in [0.15, 0.2) is 0 Å². The van der Waals surface area contributed by atoms with Gasteiger partial charge >= 0.3 is 5.97 Å². The minimum atomic E-state index is -0.954. The molecule has 0 atom stereocenters. The first-order valence-corrected chi connectivity index (χ1v) is 7.83. The molecular formula is C16H25N3O3. The Balaban J connectivity index is 2.13. The van der Waals surface area contributed by atoms with Crippen molar-refractivity contribution in [1.82, 2.24) is 14.7 Å². The van der Waals surface area contributed by atoms with Crippen LogP contribution in [-0.4, -0.2) is 44.3 Å². The number of aliphatic carboxylic acids is 1. The number of hydrogen-bond donors (Lipinski definition) is 1. The summed E-state index contributed by atoms with van der Waals surface area (Å²) >= 11 is 0. The minimum absolute atomic E-state index is 0.106. The zero-order chi connectivity index (χ0) is 16.4. The Morgan fingerprint density at radius 2 is 2.00 bits per heavy atom. The average Bonchev–Trinajstić information content (AvgIpc) is 3.20. The van der Waals surface area contributed by atoms with Crippen molar-refractivity contribution in [2.24, 2.45) is 5.92 Å². The Morgan fingerprint density at radius 1 is 1.36 bits per heavy atom. The molecule has 6 heteroatoms. The molecule has 6 nitrogen and oxygen atoms in total. The van der Waals surface area contributed by atoms with E-state index in [9.17, 15) is 9.59 Å². The number of nitrogens with zero attached hydrogens (tertiary/aromatic N) is 3. The Kier molecular flexibility index (Phi) is 4.88. The molecule has 1 fully saturated rings. The number of hydrogen-bond acceptors (Lipinski definition) is 3. The first-order chi connectivity index (χ1) is 10.3. The van der Waals surface area contributed by atoms with Crippen LogP contribution in [0.5, 0.6) is 0 Å². The molecule has 1 aliphatic rings. The van der Waals surface area contributed by atoms with Crippen LogP contribution in [0.4, 0.5) is 0 Å². The molecule has 1 aliphatic carbocycles. The molecular weight excluding hydrogens is 282 g/mol. The van der Waals surface area contributed by atoms with Crippen molar-refractivity contribution in [1.29, 1.82) is 0 Å². The number of carbonyl (C=O) groups is 2. The standard InChI is InChI=1S/C16H25N3O3/c1-10(2)8-19-12(4)14(11(3)17-19)7-15(20)18(9-16(21)22)13-5-6-13/h10,13H,5-9H2,1-4H3,(H,21,22). The Morgan fingerprint density at radius 3 is 2.50 bits per heavy atom. The van der Waals surface area contributed by atoms with Gasteiger partial charge in [-0.3, -0.25) is 14.3 Å². The zero-order valence-corrected chi connectivity index (χ0v) is 13.8. The van der Waals surface area contributed by atoms with E-state index in [2.05, 4.69) is 18.9 Å². The number of carboxylic acid groups (broad SMARTS) is 1. The maximum absolute atomic E-state index is 12.5. The van der Waals surface area contributed by atoms with Crippen molar-refractivity contribution in [2.45, 2.75) is 59.5 Å². The van der Waals surface area contributed by atoms with E-state index in [0.29, 0.717) is 5.92 Å². The van der Waals surface area contributed by atoms with Crippen LogP contribution in [0.2, 0.25) is 0 Å². The maximum atomic E-state index is 12.5. The lowest BCUT2D eigenvalue weighted by atomic mass is 10.1. The summed E-state index contributed by atoms with van der Waals surface area (Å²) in [5, 5.41) is 13.5. The van der Waals surface area contributed by atoms with Crippen molar-refractivity contribution in [3.05, 3.63) is 17.0 Å². The van der Waals surface area contributed by atoms with Crippen LogP contribution in [-0.2, 0) is 22.6 Å². The summed E-state index contributed by atoms with van der Waals surface area (Å²) in [5.41, 5.74) is 2.80. The van der Waals surface area contributed by atoms with Gasteiger partial charge < -0.3 is 10.0 Å². The van der Waals surface area contributed by atoms with Crippen LogP contribution >= 0.6 is 0 Å². The van der Waals surface area contributed by atoms with Gasteiger partial charge in [0.1, 0.15) is 6.54 Å².